The lowest BCUT2D eigenvalue weighted by molar-refractivity contribution is -0.128. The Hall–Kier alpha value is -4.32. The summed E-state index contributed by atoms with van der Waals surface area (Å²) in [6.07, 6.45) is 5.01. The number of rotatable bonds is 7. The first-order chi connectivity index (χ1) is 16.1. The van der Waals surface area contributed by atoms with E-state index in [1.165, 1.54) is 18.4 Å². The van der Waals surface area contributed by atoms with E-state index in [-0.39, 0.29) is 16.9 Å². The average Bonchev–Trinajstić information content (AvgIpc) is 2.85. The van der Waals surface area contributed by atoms with E-state index in [9.17, 15) is 9.59 Å². The van der Waals surface area contributed by atoms with Crippen LogP contribution in [0.15, 0.2) is 88.3 Å². The molecule has 0 aliphatic heterocycles. The number of hydrogen-bond acceptors (Lipinski definition) is 6. The summed E-state index contributed by atoms with van der Waals surface area (Å²) in [5.74, 6) is 1.15. The maximum Gasteiger partial charge on any atom is 0.336 e. The van der Waals surface area contributed by atoms with Crippen LogP contribution < -0.4 is 19.6 Å². The van der Waals surface area contributed by atoms with Crippen molar-refractivity contribution in [2.75, 3.05) is 7.11 Å². The molecule has 1 heterocycles. The molecule has 0 saturated carbocycles. The van der Waals surface area contributed by atoms with Gasteiger partial charge in [0.1, 0.15) is 29.1 Å². The minimum absolute atomic E-state index is 0.0931. The highest BCUT2D eigenvalue weighted by Gasteiger charge is 2.12. The molecule has 0 saturated heterocycles. The van der Waals surface area contributed by atoms with Crippen LogP contribution in [-0.4, -0.2) is 13.1 Å². The molecule has 6 heteroatoms. The van der Waals surface area contributed by atoms with Crippen molar-refractivity contribution in [3.05, 3.63) is 100 Å². The fourth-order valence-corrected chi connectivity index (χ4v) is 3.27. The van der Waals surface area contributed by atoms with Crippen LogP contribution in [-0.2, 0) is 11.2 Å². The summed E-state index contributed by atoms with van der Waals surface area (Å²) in [4.78, 5) is 25.0. The van der Waals surface area contributed by atoms with Gasteiger partial charge in [-0.25, -0.2) is 4.79 Å². The van der Waals surface area contributed by atoms with Crippen LogP contribution in [0.5, 0.6) is 23.0 Å². The highest BCUT2D eigenvalue weighted by molar-refractivity contribution is 5.89. The van der Waals surface area contributed by atoms with Gasteiger partial charge in [-0.3, -0.25) is 4.79 Å². The molecule has 0 bridgehead atoms. The van der Waals surface area contributed by atoms with Crippen LogP contribution in [0.4, 0.5) is 0 Å². The Balaban J connectivity index is 1.50. The maximum absolute atomic E-state index is 12.9. The van der Waals surface area contributed by atoms with Gasteiger partial charge < -0.3 is 18.6 Å². The maximum atomic E-state index is 12.9. The van der Waals surface area contributed by atoms with E-state index in [2.05, 4.69) is 0 Å². The van der Waals surface area contributed by atoms with Crippen LogP contribution in [0, 0.1) is 0 Å². The zero-order valence-electron chi connectivity index (χ0n) is 18.2. The van der Waals surface area contributed by atoms with Gasteiger partial charge in [0.15, 0.2) is 0 Å². The molecular formula is C27H22O6. The van der Waals surface area contributed by atoms with E-state index in [4.69, 9.17) is 18.6 Å². The van der Waals surface area contributed by atoms with E-state index in [0.717, 1.165) is 23.3 Å². The predicted molar refractivity (Wildman–Crippen MR) is 126 cm³/mol. The summed E-state index contributed by atoms with van der Waals surface area (Å²) in [7, 11) is 1.59. The average molecular weight is 442 g/mol. The number of esters is 1. The third-order valence-corrected chi connectivity index (χ3v) is 5.03. The van der Waals surface area contributed by atoms with Gasteiger partial charge in [0.05, 0.1) is 12.5 Å². The van der Waals surface area contributed by atoms with Crippen molar-refractivity contribution in [1.29, 1.82) is 0 Å². The minimum atomic E-state index is -0.552. The molecule has 4 rings (SSSR count). The number of benzene rings is 3. The molecule has 3 aromatic carbocycles. The topological polar surface area (TPSA) is 75.0 Å². The molecule has 4 aromatic rings. The zero-order chi connectivity index (χ0) is 23.2. The molecule has 33 heavy (non-hydrogen) atoms. The lowest BCUT2D eigenvalue weighted by Gasteiger charge is -2.09. The van der Waals surface area contributed by atoms with Gasteiger partial charge >= 0.3 is 5.97 Å². The number of hydrogen-bond donors (Lipinski definition) is 0. The van der Waals surface area contributed by atoms with Crippen molar-refractivity contribution in [2.45, 2.75) is 13.3 Å². The Kier molecular flexibility index (Phi) is 6.55. The highest BCUT2D eigenvalue weighted by Crippen LogP contribution is 2.26. The Morgan fingerprint density at radius 1 is 0.970 bits per heavy atom. The van der Waals surface area contributed by atoms with Crippen LogP contribution in [0.2, 0.25) is 0 Å². The number of methoxy groups -OCH3 is 1. The smallest absolute Gasteiger partial charge is 0.336 e. The first kappa shape index (κ1) is 21.9. The molecule has 0 fully saturated rings. The predicted octanol–water partition coefficient (Wildman–Crippen LogP) is 5.78. The van der Waals surface area contributed by atoms with Gasteiger partial charge in [-0.15, -0.1) is 0 Å². The van der Waals surface area contributed by atoms with Crippen LogP contribution in [0.1, 0.15) is 18.1 Å². The molecule has 1 aromatic heterocycles. The van der Waals surface area contributed by atoms with E-state index < -0.39 is 5.97 Å². The number of ether oxygens (including phenoxy) is 3. The summed E-state index contributed by atoms with van der Waals surface area (Å²) in [6.45, 7) is 2.01. The Bertz CT molecular complexity index is 1370. The van der Waals surface area contributed by atoms with Crippen molar-refractivity contribution in [1.82, 2.24) is 0 Å². The molecule has 0 spiro atoms. The van der Waals surface area contributed by atoms with Gasteiger partial charge in [-0.1, -0.05) is 37.3 Å². The third kappa shape index (κ3) is 5.13. The summed E-state index contributed by atoms with van der Waals surface area (Å²) in [5, 5.41) is 0.329. The Labute approximate surface area is 190 Å². The Morgan fingerprint density at radius 2 is 1.73 bits per heavy atom. The summed E-state index contributed by atoms with van der Waals surface area (Å²) in [5.41, 5.74) is 1.80. The van der Waals surface area contributed by atoms with E-state index >= 15 is 0 Å². The van der Waals surface area contributed by atoms with Crippen molar-refractivity contribution < 1.29 is 23.4 Å². The van der Waals surface area contributed by atoms with Crippen LogP contribution in [0.25, 0.3) is 17.0 Å². The fraction of sp³-hybridized carbons (Fsp3) is 0.111. The first-order valence-electron chi connectivity index (χ1n) is 10.4. The molecule has 0 amide bonds. The van der Waals surface area contributed by atoms with Gasteiger partial charge in [0, 0.05) is 12.1 Å². The van der Waals surface area contributed by atoms with E-state index in [1.807, 2.05) is 43.3 Å². The number of carbonyl (C=O) groups is 1. The third-order valence-electron chi connectivity index (χ3n) is 5.03. The fourth-order valence-electron chi connectivity index (χ4n) is 3.27. The number of para-hydroxylation sites is 1. The monoisotopic (exact) mass is 442 g/mol. The standard InChI is InChI=1S/C27H22O6/c1-3-19-6-4-5-7-23(19)33-25-17-31-24-16-21(13-14-22(24)27(25)29)32-26(28)15-10-18-8-11-20(30-2)12-9-18/h4-17H,3H2,1-2H3/b15-10+. The normalized spacial score (nSPS) is 11.0. The summed E-state index contributed by atoms with van der Waals surface area (Å²) < 4.78 is 21.9. The quantitative estimate of drug-likeness (QED) is 0.205. The van der Waals surface area contributed by atoms with Crippen molar-refractivity contribution in [3.63, 3.8) is 0 Å². The van der Waals surface area contributed by atoms with E-state index in [0.29, 0.717) is 16.7 Å². The van der Waals surface area contributed by atoms with Crippen molar-refractivity contribution in [3.8, 4) is 23.0 Å². The lowest BCUT2D eigenvalue weighted by Crippen LogP contribution is -2.07. The molecule has 0 aliphatic rings. The molecule has 166 valence electrons. The SMILES string of the molecule is CCc1ccccc1Oc1coc2cc(OC(=O)/C=C/c3ccc(OC)cc3)ccc2c1=O. The molecule has 0 aliphatic carbocycles. The number of aryl methyl sites for hydroxylation is 1. The van der Waals surface area contributed by atoms with Gasteiger partial charge in [-0.05, 0) is 54.0 Å². The molecule has 0 atom stereocenters. The van der Waals surface area contributed by atoms with Crippen LogP contribution in [0.3, 0.4) is 0 Å². The second kappa shape index (κ2) is 9.87. The Morgan fingerprint density at radius 3 is 2.48 bits per heavy atom. The van der Waals surface area contributed by atoms with Crippen molar-refractivity contribution >= 4 is 23.0 Å². The van der Waals surface area contributed by atoms with Gasteiger partial charge in [0.25, 0.3) is 0 Å². The minimum Gasteiger partial charge on any atom is -0.497 e. The number of carbonyl (C=O) groups excluding carboxylic acids is 1. The largest absolute Gasteiger partial charge is 0.497 e. The second-order valence-electron chi connectivity index (χ2n) is 7.18. The lowest BCUT2D eigenvalue weighted by atomic mass is 10.1. The summed E-state index contributed by atoms with van der Waals surface area (Å²) >= 11 is 0. The molecular weight excluding hydrogens is 420 g/mol. The van der Waals surface area contributed by atoms with E-state index in [1.54, 1.807) is 37.5 Å². The highest BCUT2D eigenvalue weighted by atomic mass is 16.5. The first-order valence-corrected chi connectivity index (χ1v) is 10.4. The van der Waals surface area contributed by atoms with Gasteiger partial charge in [-0.2, -0.15) is 0 Å². The molecule has 0 unspecified atom stereocenters. The zero-order valence-corrected chi connectivity index (χ0v) is 18.2. The molecule has 6 nitrogen and oxygen atoms in total. The molecule has 0 radical (unpaired) electrons. The summed E-state index contributed by atoms with van der Waals surface area (Å²) in [6, 6.07) is 19.4. The van der Waals surface area contributed by atoms with Crippen molar-refractivity contribution in [2.24, 2.45) is 0 Å². The van der Waals surface area contributed by atoms with Gasteiger partial charge in [0.2, 0.25) is 11.2 Å². The number of fused-ring (bicyclic) bond motifs is 1. The molecule has 0 N–H and O–H groups in total. The van der Waals surface area contributed by atoms with Crippen LogP contribution >= 0.6 is 0 Å². The second-order valence-corrected chi connectivity index (χ2v) is 7.18.